The second kappa shape index (κ2) is 8.23. The number of carbonyl (C=O) groups excluding carboxylic acids is 2. The molecular weight excluding hydrogens is 352 g/mol. The molecule has 2 amide bonds. The van der Waals surface area contributed by atoms with Gasteiger partial charge in [-0.1, -0.05) is 35.9 Å². The number of hydrogen-bond acceptors (Lipinski definition) is 3. The van der Waals surface area contributed by atoms with Crippen LogP contribution in [0.1, 0.15) is 23.2 Å². The molecule has 26 heavy (non-hydrogen) atoms. The monoisotopic (exact) mass is 372 g/mol. The van der Waals surface area contributed by atoms with E-state index in [2.05, 4.69) is 5.32 Å². The van der Waals surface area contributed by atoms with E-state index in [1.54, 1.807) is 48.4 Å². The molecular formula is C20H21ClN2O3. The van der Waals surface area contributed by atoms with E-state index >= 15 is 0 Å². The van der Waals surface area contributed by atoms with Crippen LogP contribution in [-0.4, -0.2) is 36.9 Å². The molecule has 1 heterocycles. The molecule has 1 N–H and O–H groups in total. The Morgan fingerprint density at radius 2 is 2.00 bits per heavy atom. The Labute approximate surface area is 157 Å². The molecule has 0 spiro atoms. The lowest BCUT2D eigenvalue weighted by Gasteiger charge is -2.32. The number of rotatable bonds is 4. The summed E-state index contributed by atoms with van der Waals surface area (Å²) in [5.41, 5.74) is 1.21. The van der Waals surface area contributed by atoms with E-state index in [1.165, 1.54) is 0 Å². The maximum Gasteiger partial charge on any atom is 0.321 e. The van der Waals surface area contributed by atoms with Gasteiger partial charge in [-0.25, -0.2) is 4.79 Å². The summed E-state index contributed by atoms with van der Waals surface area (Å²) in [6.45, 7) is 1.02. The number of para-hydroxylation sites is 2. The minimum absolute atomic E-state index is 0.0299. The zero-order valence-corrected chi connectivity index (χ0v) is 15.3. The predicted octanol–water partition coefficient (Wildman–Crippen LogP) is 4.48. The van der Waals surface area contributed by atoms with Crippen molar-refractivity contribution in [3.8, 4) is 5.75 Å². The predicted molar refractivity (Wildman–Crippen MR) is 102 cm³/mol. The molecule has 0 radical (unpaired) electrons. The van der Waals surface area contributed by atoms with Crippen molar-refractivity contribution in [3.05, 3.63) is 59.1 Å². The van der Waals surface area contributed by atoms with E-state index in [9.17, 15) is 9.59 Å². The molecule has 2 aromatic rings. The number of urea groups is 1. The Morgan fingerprint density at radius 1 is 1.19 bits per heavy atom. The summed E-state index contributed by atoms with van der Waals surface area (Å²) >= 11 is 5.99. The first kappa shape index (κ1) is 18.3. The van der Waals surface area contributed by atoms with Gasteiger partial charge in [-0.15, -0.1) is 0 Å². The molecule has 0 aromatic heterocycles. The van der Waals surface area contributed by atoms with E-state index in [0.717, 1.165) is 12.8 Å². The number of nitrogens with one attached hydrogen (secondary N) is 1. The van der Waals surface area contributed by atoms with Gasteiger partial charge in [0.2, 0.25) is 0 Å². The van der Waals surface area contributed by atoms with Crippen LogP contribution < -0.4 is 10.1 Å². The van der Waals surface area contributed by atoms with Gasteiger partial charge in [0.15, 0.2) is 5.78 Å². The Bertz CT molecular complexity index is 809. The standard InChI is InChI=1S/C20H21ClN2O3/c1-26-18-10-3-2-9-17(18)22-20(25)23-11-5-7-15(13-23)19(24)14-6-4-8-16(21)12-14/h2-4,6,8-10,12,15H,5,7,11,13H2,1H3,(H,22,25)/t15-/m0/s1. The van der Waals surface area contributed by atoms with Crippen LogP contribution in [0.2, 0.25) is 5.02 Å². The van der Waals surface area contributed by atoms with Crippen LogP contribution >= 0.6 is 11.6 Å². The minimum atomic E-state index is -0.224. The van der Waals surface area contributed by atoms with Gasteiger partial charge in [-0.2, -0.15) is 0 Å². The summed E-state index contributed by atoms with van der Waals surface area (Å²) in [6, 6.07) is 14.0. The van der Waals surface area contributed by atoms with Gasteiger partial charge < -0.3 is 15.0 Å². The first-order valence-electron chi connectivity index (χ1n) is 8.57. The van der Waals surface area contributed by atoms with Gasteiger partial charge in [0, 0.05) is 29.6 Å². The SMILES string of the molecule is COc1ccccc1NC(=O)N1CCC[C@H](C(=O)c2cccc(Cl)c2)C1. The number of halogens is 1. The van der Waals surface area contributed by atoms with E-state index in [1.807, 2.05) is 12.1 Å². The van der Waals surface area contributed by atoms with Crippen molar-refractivity contribution in [2.45, 2.75) is 12.8 Å². The number of piperidine rings is 1. The molecule has 1 aliphatic rings. The maximum atomic E-state index is 12.7. The van der Waals surface area contributed by atoms with Gasteiger partial charge in [0.05, 0.1) is 12.8 Å². The zero-order valence-electron chi connectivity index (χ0n) is 14.6. The van der Waals surface area contributed by atoms with Crippen molar-refractivity contribution in [3.63, 3.8) is 0 Å². The van der Waals surface area contributed by atoms with Crippen LogP contribution in [0.3, 0.4) is 0 Å². The largest absolute Gasteiger partial charge is 0.495 e. The number of carbonyl (C=O) groups is 2. The van der Waals surface area contributed by atoms with E-state index < -0.39 is 0 Å². The molecule has 1 aliphatic heterocycles. The highest BCUT2D eigenvalue weighted by Gasteiger charge is 2.29. The highest BCUT2D eigenvalue weighted by Crippen LogP contribution is 2.26. The van der Waals surface area contributed by atoms with Crippen molar-refractivity contribution in [2.24, 2.45) is 5.92 Å². The third-order valence-electron chi connectivity index (χ3n) is 4.54. The third-order valence-corrected chi connectivity index (χ3v) is 4.77. The second-order valence-electron chi connectivity index (χ2n) is 6.29. The first-order valence-corrected chi connectivity index (χ1v) is 8.95. The lowest BCUT2D eigenvalue weighted by atomic mass is 9.90. The number of benzene rings is 2. The summed E-state index contributed by atoms with van der Waals surface area (Å²) in [6.07, 6.45) is 1.56. The van der Waals surface area contributed by atoms with Gasteiger partial charge in [0.25, 0.3) is 0 Å². The minimum Gasteiger partial charge on any atom is -0.495 e. The zero-order chi connectivity index (χ0) is 18.5. The number of hydrogen-bond donors (Lipinski definition) is 1. The third kappa shape index (κ3) is 4.17. The smallest absolute Gasteiger partial charge is 0.321 e. The topological polar surface area (TPSA) is 58.6 Å². The van der Waals surface area contributed by atoms with Gasteiger partial charge in [0.1, 0.15) is 5.75 Å². The van der Waals surface area contributed by atoms with Crippen LogP contribution in [0.25, 0.3) is 0 Å². The fourth-order valence-electron chi connectivity index (χ4n) is 3.20. The molecule has 1 atom stereocenters. The van der Waals surface area contributed by atoms with E-state index in [0.29, 0.717) is 35.1 Å². The van der Waals surface area contributed by atoms with E-state index in [4.69, 9.17) is 16.3 Å². The number of Topliss-reactive ketones (excluding diaryl/α,β-unsaturated/α-hetero) is 1. The van der Waals surface area contributed by atoms with Crippen molar-refractivity contribution in [1.82, 2.24) is 4.90 Å². The van der Waals surface area contributed by atoms with Crippen LogP contribution in [0.5, 0.6) is 5.75 Å². The molecule has 1 fully saturated rings. The molecule has 0 aliphatic carbocycles. The van der Waals surface area contributed by atoms with Crippen molar-refractivity contribution in [2.75, 3.05) is 25.5 Å². The van der Waals surface area contributed by atoms with Gasteiger partial charge in [-0.05, 0) is 37.1 Å². The van der Waals surface area contributed by atoms with Crippen molar-refractivity contribution >= 4 is 29.1 Å². The fourth-order valence-corrected chi connectivity index (χ4v) is 3.39. The molecule has 5 nitrogen and oxygen atoms in total. The molecule has 136 valence electrons. The van der Waals surface area contributed by atoms with Gasteiger partial charge in [-0.3, -0.25) is 4.79 Å². The maximum absolute atomic E-state index is 12.7. The average molecular weight is 373 g/mol. The highest BCUT2D eigenvalue weighted by molar-refractivity contribution is 6.31. The molecule has 6 heteroatoms. The summed E-state index contributed by atoms with van der Waals surface area (Å²) in [5.74, 6) is 0.414. The first-order chi connectivity index (χ1) is 12.6. The molecule has 0 unspecified atom stereocenters. The summed E-state index contributed by atoms with van der Waals surface area (Å²) in [5, 5.41) is 3.41. The quantitative estimate of drug-likeness (QED) is 0.805. The normalized spacial score (nSPS) is 16.8. The van der Waals surface area contributed by atoms with E-state index in [-0.39, 0.29) is 17.7 Å². The van der Waals surface area contributed by atoms with Crippen LogP contribution in [0.15, 0.2) is 48.5 Å². The van der Waals surface area contributed by atoms with Gasteiger partial charge >= 0.3 is 6.03 Å². The second-order valence-corrected chi connectivity index (χ2v) is 6.73. The molecule has 2 aromatic carbocycles. The number of amides is 2. The molecule has 0 saturated carbocycles. The lowest BCUT2D eigenvalue weighted by molar-refractivity contribution is 0.0851. The van der Waals surface area contributed by atoms with Crippen LogP contribution in [0.4, 0.5) is 10.5 Å². The summed E-state index contributed by atoms with van der Waals surface area (Å²) < 4.78 is 5.26. The Morgan fingerprint density at radius 3 is 2.77 bits per heavy atom. The number of nitrogens with zero attached hydrogens (tertiary/aromatic N) is 1. The fraction of sp³-hybridized carbons (Fsp3) is 0.300. The average Bonchev–Trinajstić information content (AvgIpc) is 2.68. The lowest BCUT2D eigenvalue weighted by Crippen LogP contribution is -2.44. The number of likely N-dealkylation sites (tertiary alicyclic amines) is 1. The highest BCUT2D eigenvalue weighted by atomic mass is 35.5. The number of ketones is 1. The Hall–Kier alpha value is -2.53. The number of ether oxygens (including phenoxy) is 1. The molecule has 0 bridgehead atoms. The van der Waals surface area contributed by atoms with Crippen molar-refractivity contribution < 1.29 is 14.3 Å². The molecule has 3 rings (SSSR count). The summed E-state index contributed by atoms with van der Waals surface area (Å²) in [7, 11) is 1.56. The number of methoxy groups -OCH3 is 1. The number of anilines is 1. The summed E-state index contributed by atoms with van der Waals surface area (Å²) in [4.78, 5) is 27.0. The van der Waals surface area contributed by atoms with Crippen molar-refractivity contribution in [1.29, 1.82) is 0 Å². The van der Waals surface area contributed by atoms with Crippen LogP contribution in [0, 0.1) is 5.92 Å². The Kier molecular flexibility index (Phi) is 5.78. The molecule has 1 saturated heterocycles. The van der Waals surface area contributed by atoms with Crippen LogP contribution in [-0.2, 0) is 0 Å². The Balaban J connectivity index is 1.68.